The summed E-state index contributed by atoms with van der Waals surface area (Å²) >= 11 is 0. The number of rotatable bonds is 4. The standard InChI is InChI=1S/C15H16F3NO5/c1-9(13(20)19-6-7-23-12(8-19)14(21)22)24-11-5-3-2-4-10(11)15(16,17)18/h2-5,9,12H,6-8H2,1H3,(H,21,22). The predicted molar refractivity (Wildman–Crippen MR) is 75.5 cm³/mol. The van der Waals surface area contributed by atoms with Crippen molar-refractivity contribution in [3.05, 3.63) is 29.8 Å². The van der Waals surface area contributed by atoms with Crippen molar-refractivity contribution >= 4 is 11.9 Å². The molecule has 1 aliphatic heterocycles. The zero-order valence-corrected chi connectivity index (χ0v) is 12.7. The van der Waals surface area contributed by atoms with Crippen LogP contribution in [-0.2, 0) is 20.5 Å². The minimum Gasteiger partial charge on any atom is -0.480 e. The number of morpholine rings is 1. The number of nitrogens with zero attached hydrogens (tertiary/aromatic N) is 1. The molecule has 1 saturated heterocycles. The lowest BCUT2D eigenvalue weighted by atomic mass is 10.2. The number of carboxylic acid groups (broad SMARTS) is 1. The van der Waals surface area contributed by atoms with Crippen LogP contribution in [-0.4, -0.2) is 53.8 Å². The van der Waals surface area contributed by atoms with Gasteiger partial charge in [-0.25, -0.2) is 4.79 Å². The molecule has 0 spiro atoms. The smallest absolute Gasteiger partial charge is 0.419 e. The average Bonchev–Trinajstić information content (AvgIpc) is 2.53. The van der Waals surface area contributed by atoms with Crippen LogP contribution < -0.4 is 4.74 Å². The molecule has 1 amide bonds. The summed E-state index contributed by atoms with van der Waals surface area (Å²) in [7, 11) is 0. The number of para-hydroxylation sites is 1. The summed E-state index contributed by atoms with van der Waals surface area (Å²) in [5.74, 6) is -2.25. The molecule has 1 aromatic rings. The SMILES string of the molecule is CC(Oc1ccccc1C(F)(F)F)C(=O)N1CCOC(C(=O)O)C1. The van der Waals surface area contributed by atoms with Crippen molar-refractivity contribution in [2.24, 2.45) is 0 Å². The number of hydrogen-bond donors (Lipinski definition) is 1. The molecule has 0 saturated carbocycles. The molecule has 1 N–H and O–H groups in total. The quantitative estimate of drug-likeness (QED) is 0.899. The van der Waals surface area contributed by atoms with Gasteiger partial charge in [0.05, 0.1) is 18.7 Å². The first-order valence-corrected chi connectivity index (χ1v) is 7.16. The highest BCUT2D eigenvalue weighted by molar-refractivity contribution is 5.82. The van der Waals surface area contributed by atoms with Crippen LogP contribution in [0, 0.1) is 0 Å². The van der Waals surface area contributed by atoms with Crippen molar-refractivity contribution in [2.45, 2.75) is 25.3 Å². The van der Waals surface area contributed by atoms with Gasteiger partial charge in [-0.1, -0.05) is 12.1 Å². The molecule has 132 valence electrons. The molecular weight excluding hydrogens is 331 g/mol. The molecule has 2 rings (SSSR count). The number of ether oxygens (including phenoxy) is 2. The molecular formula is C15H16F3NO5. The Balaban J connectivity index is 2.09. The van der Waals surface area contributed by atoms with Crippen LogP contribution >= 0.6 is 0 Å². The summed E-state index contributed by atoms with van der Waals surface area (Å²) < 4.78 is 49.0. The van der Waals surface area contributed by atoms with Crippen molar-refractivity contribution < 1.29 is 37.3 Å². The number of benzene rings is 1. The van der Waals surface area contributed by atoms with E-state index >= 15 is 0 Å². The fourth-order valence-electron chi connectivity index (χ4n) is 2.30. The number of alkyl halides is 3. The van der Waals surface area contributed by atoms with Crippen molar-refractivity contribution in [2.75, 3.05) is 19.7 Å². The van der Waals surface area contributed by atoms with Crippen LogP contribution in [0.25, 0.3) is 0 Å². The average molecular weight is 347 g/mol. The molecule has 2 atom stereocenters. The van der Waals surface area contributed by atoms with Crippen molar-refractivity contribution in [3.8, 4) is 5.75 Å². The summed E-state index contributed by atoms with van der Waals surface area (Å²) in [6.07, 6.45) is -6.95. The highest BCUT2D eigenvalue weighted by atomic mass is 19.4. The fraction of sp³-hybridized carbons (Fsp3) is 0.467. The van der Waals surface area contributed by atoms with Crippen LogP contribution in [0.1, 0.15) is 12.5 Å². The maximum Gasteiger partial charge on any atom is 0.419 e. The van der Waals surface area contributed by atoms with Gasteiger partial charge in [0.25, 0.3) is 5.91 Å². The molecule has 0 radical (unpaired) electrons. The Morgan fingerprint density at radius 3 is 2.67 bits per heavy atom. The topological polar surface area (TPSA) is 76.1 Å². The van der Waals surface area contributed by atoms with Gasteiger partial charge in [0.2, 0.25) is 0 Å². The van der Waals surface area contributed by atoms with E-state index in [4.69, 9.17) is 14.6 Å². The van der Waals surface area contributed by atoms with Crippen molar-refractivity contribution in [1.29, 1.82) is 0 Å². The number of aliphatic carboxylic acids is 1. The number of hydrogen-bond acceptors (Lipinski definition) is 4. The van der Waals surface area contributed by atoms with Gasteiger partial charge < -0.3 is 19.5 Å². The summed E-state index contributed by atoms with van der Waals surface area (Å²) in [5.41, 5.74) is -0.977. The second-order valence-electron chi connectivity index (χ2n) is 5.24. The Bertz CT molecular complexity index is 619. The monoisotopic (exact) mass is 347 g/mol. The minimum atomic E-state index is -4.60. The summed E-state index contributed by atoms with van der Waals surface area (Å²) in [5, 5.41) is 8.92. The van der Waals surface area contributed by atoms with E-state index in [9.17, 15) is 22.8 Å². The molecule has 1 fully saturated rings. The normalized spacial score (nSPS) is 19.7. The lowest BCUT2D eigenvalue weighted by Gasteiger charge is -2.32. The van der Waals surface area contributed by atoms with Crippen LogP contribution in [0.15, 0.2) is 24.3 Å². The number of amides is 1. The summed E-state index contributed by atoms with van der Waals surface area (Å²) in [6.45, 7) is 1.33. The van der Waals surface area contributed by atoms with Gasteiger partial charge in [0.15, 0.2) is 12.2 Å². The summed E-state index contributed by atoms with van der Waals surface area (Å²) in [4.78, 5) is 24.4. The summed E-state index contributed by atoms with van der Waals surface area (Å²) in [6, 6.07) is 4.59. The van der Waals surface area contributed by atoms with E-state index in [2.05, 4.69) is 0 Å². The molecule has 1 aromatic carbocycles. The molecule has 1 heterocycles. The third-order valence-electron chi connectivity index (χ3n) is 3.50. The van der Waals surface area contributed by atoms with E-state index in [0.29, 0.717) is 0 Å². The van der Waals surface area contributed by atoms with E-state index in [1.165, 1.54) is 24.0 Å². The molecule has 2 unspecified atom stereocenters. The van der Waals surface area contributed by atoms with Crippen LogP contribution in [0.5, 0.6) is 5.75 Å². The van der Waals surface area contributed by atoms with Gasteiger partial charge in [-0.15, -0.1) is 0 Å². The molecule has 6 nitrogen and oxygen atoms in total. The highest BCUT2D eigenvalue weighted by Gasteiger charge is 2.36. The lowest BCUT2D eigenvalue weighted by Crippen LogP contribution is -2.51. The zero-order valence-electron chi connectivity index (χ0n) is 12.7. The van der Waals surface area contributed by atoms with Gasteiger partial charge in [-0.05, 0) is 19.1 Å². The lowest BCUT2D eigenvalue weighted by molar-refractivity contribution is -0.161. The van der Waals surface area contributed by atoms with Gasteiger partial charge in [0.1, 0.15) is 5.75 Å². The number of carbonyl (C=O) groups excluding carboxylic acids is 1. The van der Waals surface area contributed by atoms with Gasteiger partial charge in [-0.2, -0.15) is 13.2 Å². The second-order valence-corrected chi connectivity index (χ2v) is 5.24. The minimum absolute atomic E-state index is 0.0363. The Hall–Kier alpha value is -2.29. The molecule has 0 aliphatic carbocycles. The van der Waals surface area contributed by atoms with Gasteiger partial charge >= 0.3 is 12.1 Å². The first-order chi connectivity index (χ1) is 11.2. The van der Waals surface area contributed by atoms with Crippen LogP contribution in [0.3, 0.4) is 0 Å². The van der Waals surface area contributed by atoms with E-state index in [1.807, 2.05) is 0 Å². The number of carboxylic acids is 1. The largest absolute Gasteiger partial charge is 0.480 e. The van der Waals surface area contributed by atoms with Crippen LogP contribution in [0.2, 0.25) is 0 Å². The second kappa shape index (κ2) is 7.08. The maximum absolute atomic E-state index is 12.9. The van der Waals surface area contributed by atoms with E-state index in [-0.39, 0.29) is 19.7 Å². The molecule has 0 aromatic heterocycles. The Morgan fingerprint density at radius 1 is 1.38 bits per heavy atom. The zero-order chi connectivity index (χ0) is 17.9. The van der Waals surface area contributed by atoms with Crippen LogP contribution in [0.4, 0.5) is 13.2 Å². The molecule has 1 aliphatic rings. The number of carbonyl (C=O) groups is 2. The Morgan fingerprint density at radius 2 is 2.04 bits per heavy atom. The Kier molecular flexibility index (Phi) is 5.33. The van der Waals surface area contributed by atoms with Gasteiger partial charge in [0, 0.05) is 6.54 Å². The van der Waals surface area contributed by atoms with Crippen molar-refractivity contribution in [3.63, 3.8) is 0 Å². The van der Waals surface area contributed by atoms with E-state index < -0.39 is 41.6 Å². The predicted octanol–water partition coefficient (Wildman–Crippen LogP) is 1.78. The highest BCUT2D eigenvalue weighted by Crippen LogP contribution is 2.36. The first-order valence-electron chi connectivity index (χ1n) is 7.16. The third-order valence-corrected chi connectivity index (χ3v) is 3.50. The molecule has 9 heteroatoms. The third kappa shape index (κ3) is 4.16. The Labute approximate surface area is 135 Å². The molecule has 0 bridgehead atoms. The van der Waals surface area contributed by atoms with E-state index in [0.717, 1.165) is 12.1 Å². The fourth-order valence-corrected chi connectivity index (χ4v) is 2.30. The van der Waals surface area contributed by atoms with E-state index in [1.54, 1.807) is 0 Å². The maximum atomic E-state index is 12.9. The first kappa shape index (κ1) is 18.1. The number of halogens is 3. The molecule has 24 heavy (non-hydrogen) atoms. The van der Waals surface area contributed by atoms with Gasteiger partial charge in [-0.3, -0.25) is 4.79 Å². The van der Waals surface area contributed by atoms with Crippen molar-refractivity contribution in [1.82, 2.24) is 4.90 Å².